The molecule has 1 heterocycles. The summed E-state index contributed by atoms with van der Waals surface area (Å²) in [5.74, 6) is 0. The van der Waals surface area contributed by atoms with Gasteiger partial charge in [0.05, 0.1) is 12.0 Å². The van der Waals surface area contributed by atoms with Crippen LogP contribution < -0.4 is 0 Å². The van der Waals surface area contributed by atoms with Crippen LogP contribution in [0, 0.1) is 5.41 Å². The van der Waals surface area contributed by atoms with E-state index in [1.165, 1.54) is 0 Å². The molecule has 0 unspecified atom stereocenters. The van der Waals surface area contributed by atoms with Crippen molar-refractivity contribution in [3.8, 4) is 0 Å². The van der Waals surface area contributed by atoms with Crippen LogP contribution in [0.25, 0.3) is 0 Å². The molecule has 1 rings (SSSR count). The van der Waals surface area contributed by atoms with E-state index in [-0.39, 0.29) is 6.61 Å². The molecule has 0 radical (unpaired) electrons. The van der Waals surface area contributed by atoms with Crippen molar-refractivity contribution in [3.05, 3.63) is 0 Å². The Labute approximate surface area is 59.3 Å². The van der Waals surface area contributed by atoms with Crippen LogP contribution in [-0.4, -0.2) is 20.1 Å². The van der Waals surface area contributed by atoms with E-state index in [9.17, 15) is 13.2 Å². The maximum Gasteiger partial charge on any atom is 0.331 e. The standard InChI is InChI=1S/C5H8O4S/c1-5(2)3-9-10(7,8)4(5)6/h3H2,1-2H3. The zero-order chi connectivity index (χ0) is 7.99. The van der Waals surface area contributed by atoms with Crippen molar-refractivity contribution in [2.75, 3.05) is 6.61 Å². The van der Waals surface area contributed by atoms with E-state index < -0.39 is 20.6 Å². The van der Waals surface area contributed by atoms with Crippen molar-refractivity contribution >= 4 is 15.2 Å². The zero-order valence-electron chi connectivity index (χ0n) is 5.75. The first kappa shape index (κ1) is 7.68. The number of hydrogen-bond acceptors (Lipinski definition) is 4. The molecule has 0 aromatic rings. The Kier molecular flexibility index (Phi) is 1.38. The topological polar surface area (TPSA) is 60.4 Å². The molecule has 0 N–H and O–H groups in total. The Morgan fingerprint density at radius 2 is 2.00 bits per heavy atom. The summed E-state index contributed by atoms with van der Waals surface area (Å²) in [4.78, 5) is 10.8. The second-order valence-electron chi connectivity index (χ2n) is 2.89. The minimum absolute atomic E-state index is 0.0336. The molecule has 0 aliphatic carbocycles. The van der Waals surface area contributed by atoms with Crippen LogP contribution in [0.15, 0.2) is 0 Å². The molecule has 0 aromatic heterocycles. The number of hydrogen-bond donors (Lipinski definition) is 0. The van der Waals surface area contributed by atoms with Crippen molar-refractivity contribution in [2.45, 2.75) is 13.8 Å². The predicted octanol–water partition coefficient (Wildman–Crippen LogP) is -0.101. The maximum absolute atomic E-state index is 10.8. The van der Waals surface area contributed by atoms with Gasteiger partial charge < -0.3 is 0 Å². The lowest BCUT2D eigenvalue weighted by molar-refractivity contribution is -0.117. The highest BCUT2D eigenvalue weighted by molar-refractivity contribution is 8.02. The fourth-order valence-corrected chi connectivity index (χ4v) is 1.97. The smallest absolute Gasteiger partial charge is 0.278 e. The Morgan fingerprint density at radius 3 is 2.10 bits per heavy atom. The third kappa shape index (κ3) is 0.951. The molecule has 1 aliphatic heterocycles. The summed E-state index contributed by atoms with van der Waals surface area (Å²) in [6, 6.07) is 0. The van der Waals surface area contributed by atoms with Gasteiger partial charge in [-0.3, -0.25) is 8.98 Å². The van der Waals surface area contributed by atoms with Gasteiger partial charge in [-0.25, -0.2) is 0 Å². The molecule has 0 atom stereocenters. The van der Waals surface area contributed by atoms with Crippen LogP contribution in [0.2, 0.25) is 0 Å². The van der Waals surface area contributed by atoms with Crippen molar-refractivity contribution in [3.63, 3.8) is 0 Å². The van der Waals surface area contributed by atoms with E-state index in [1.807, 2.05) is 0 Å². The maximum atomic E-state index is 10.8. The highest BCUT2D eigenvalue weighted by Gasteiger charge is 2.46. The lowest BCUT2D eigenvalue weighted by atomic mass is 9.98. The van der Waals surface area contributed by atoms with Gasteiger partial charge in [0.15, 0.2) is 0 Å². The Balaban J connectivity index is 3.12. The Morgan fingerprint density at radius 1 is 1.50 bits per heavy atom. The monoisotopic (exact) mass is 164 g/mol. The van der Waals surface area contributed by atoms with Crippen molar-refractivity contribution in [1.29, 1.82) is 0 Å². The lowest BCUT2D eigenvalue weighted by Crippen LogP contribution is -2.23. The van der Waals surface area contributed by atoms with E-state index in [2.05, 4.69) is 4.18 Å². The van der Waals surface area contributed by atoms with Gasteiger partial charge >= 0.3 is 10.1 Å². The molecule has 0 spiro atoms. The molecule has 0 aromatic carbocycles. The average Bonchev–Trinajstić information content (AvgIpc) is 1.95. The van der Waals surface area contributed by atoms with Crippen molar-refractivity contribution in [2.24, 2.45) is 5.41 Å². The predicted molar refractivity (Wildman–Crippen MR) is 33.7 cm³/mol. The summed E-state index contributed by atoms with van der Waals surface area (Å²) < 4.78 is 25.5. The van der Waals surface area contributed by atoms with Gasteiger partial charge in [-0.2, -0.15) is 8.42 Å². The fraction of sp³-hybridized carbons (Fsp3) is 0.800. The highest BCUT2D eigenvalue weighted by atomic mass is 32.2. The molecule has 5 heteroatoms. The van der Waals surface area contributed by atoms with Crippen LogP contribution >= 0.6 is 0 Å². The zero-order valence-corrected chi connectivity index (χ0v) is 6.56. The SMILES string of the molecule is CC1(C)COS(=O)(=O)C1=O. The van der Waals surface area contributed by atoms with Crippen molar-refractivity contribution in [1.82, 2.24) is 0 Å². The van der Waals surface area contributed by atoms with Gasteiger partial charge in [0.1, 0.15) is 0 Å². The first-order valence-electron chi connectivity index (χ1n) is 2.80. The molecule has 0 saturated carbocycles. The third-order valence-corrected chi connectivity index (χ3v) is 2.79. The van der Waals surface area contributed by atoms with E-state index in [0.717, 1.165) is 0 Å². The largest absolute Gasteiger partial charge is 0.331 e. The average molecular weight is 164 g/mol. The fourth-order valence-electron chi connectivity index (χ4n) is 0.676. The molecule has 1 fully saturated rings. The number of carbonyl (C=O) groups is 1. The lowest BCUT2D eigenvalue weighted by Gasteiger charge is -2.06. The van der Waals surface area contributed by atoms with Gasteiger partial charge in [0.25, 0.3) is 5.12 Å². The molecule has 0 bridgehead atoms. The van der Waals surface area contributed by atoms with Crippen molar-refractivity contribution < 1.29 is 17.4 Å². The summed E-state index contributed by atoms with van der Waals surface area (Å²) >= 11 is 0. The molecule has 58 valence electrons. The van der Waals surface area contributed by atoms with Gasteiger partial charge in [0, 0.05) is 0 Å². The van der Waals surface area contributed by atoms with E-state index in [4.69, 9.17) is 0 Å². The minimum Gasteiger partial charge on any atom is -0.278 e. The molecule has 1 aliphatic rings. The Bertz CT molecular complexity index is 261. The molecule has 4 nitrogen and oxygen atoms in total. The molecule has 10 heavy (non-hydrogen) atoms. The summed E-state index contributed by atoms with van der Waals surface area (Å²) in [6.45, 7) is 3.05. The van der Waals surface area contributed by atoms with Crippen LogP contribution in [0.5, 0.6) is 0 Å². The molecular weight excluding hydrogens is 156 g/mol. The summed E-state index contributed by atoms with van der Waals surface area (Å²) in [5, 5.41) is -0.819. The van der Waals surface area contributed by atoms with Gasteiger partial charge in [-0.15, -0.1) is 0 Å². The van der Waals surface area contributed by atoms with E-state index in [0.29, 0.717) is 0 Å². The van der Waals surface area contributed by atoms with Crippen LogP contribution in [0.1, 0.15) is 13.8 Å². The van der Waals surface area contributed by atoms with Gasteiger partial charge in [-0.1, -0.05) is 0 Å². The number of rotatable bonds is 0. The normalized spacial score (nSPS) is 28.8. The molecular formula is C5H8O4S. The van der Waals surface area contributed by atoms with Crippen LogP contribution in [-0.2, 0) is 19.1 Å². The first-order chi connectivity index (χ1) is 4.36. The van der Waals surface area contributed by atoms with Gasteiger partial charge in [-0.05, 0) is 13.8 Å². The van der Waals surface area contributed by atoms with E-state index in [1.54, 1.807) is 13.8 Å². The summed E-state index contributed by atoms with van der Waals surface area (Å²) in [5.41, 5.74) is -0.862. The summed E-state index contributed by atoms with van der Waals surface area (Å²) in [6.07, 6.45) is 0. The minimum atomic E-state index is -3.87. The number of carbonyl (C=O) groups excluding carboxylic acids is 1. The third-order valence-electron chi connectivity index (χ3n) is 1.35. The molecule has 1 saturated heterocycles. The quantitative estimate of drug-likeness (QED) is 0.469. The van der Waals surface area contributed by atoms with Gasteiger partial charge in [0.2, 0.25) is 0 Å². The molecule has 0 amide bonds. The second kappa shape index (κ2) is 1.79. The summed E-state index contributed by atoms with van der Waals surface area (Å²) in [7, 11) is -3.87. The van der Waals surface area contributed by atoms with Crippen LogP contribution in [0.4, 0.5) is 0 Å². The van der Waals surface area contributed by atoms with Crippen LogP contribution in [0.3, 0.4) is 0 Å². The highest BCUT2D eigenvalue weighted by Crippen LogP contribution is 2.28. The van der Waals surface area contributed by atoms with E-state index >= 15 is 0 Å². The second-order valence-corrected chi connectivity index (χ2v) is 4.40. The first-order valence-corrected chi connectivity index (χ1v) is 4.21. The Hall–Kier alpha value is -0.420.